The van der Waals surface area contributed by atoms with Crippen LogP contribution in [0.15, 0.2) is 140 Å². The highest BCUT2D eigenvalue weighted by molar-refractivity contribution is 5.91. The van der Waals surface area contributed by atoms with Crippen molar-refractivity contribution in [3.63, 3.8) is 0 Å². The topological polar surface area (TPSA) is 52.6 Å². The fourth-order valence-electron chi connectivity index (χ4n) is 5.17. The maximum absolute atomic E-state index is 13.2. The van der Waals surface area contributed by atoms with Gasteiger partial charge >= 0.3 is 11.9 Å². The number of ether oxygens (including phenoxy) is 2. The Morgan fingerprint density at radius 1 is 0.767 bits per heavy atom. The minimum absolute atomic E-state index is 0.148. The van der Waals surface area contributed by atoms with Crippen molar-refractivity contribution in [2.45, 2.75) is 51.0 Å². The molecule has 4 rings (SSSR count). The number of benzene rings is 3. The van der Waals surface area contributed by atoms with Gasteiger partial charge in [-0.25, -0.2) is 9.59 Å². The van der Waals surface area contributed by atoms with Gasteiger partial charge in [0.1, 0.15) is 6.61 Å². The minimum Gasteiger partial charge on any atom is -0.458 e. The molecule has 3 aromatic carbocycles. The lowest BCUT2D eigenvalue weighted by Crippen LogP contribution is -2.19. The lowest BCUT2D eigenvalue weighted by atomic mass is 9.84. The Morgan fingerprint density at radius 3 is 1.98 bits per heavy atom. The Bertz CT molecular complexity index is 1490. The van der Waals surface area contributed by atoms with Crippen LogP contribution in [0.5, 0.6) is 0 Å². The van der Waals surface area contributed by atoms with E-state index in [0.29, 0.717) is 17.1 Å². The molecule has 0 amide bonds. The zero-order valence-electron chi connectivity index (χ0n) is 25.0. The SMILES string of the molecule is C=C(/C=C\C)C(=C)/C=C\C(=C)C(=O)OCC(OC(=O)c1ccc(-c2ccc(C3CCCCC3)cc2)cc1)c1ccccc1. The van der Waals surface area contributed by atoms with Crippen molar-refractivity contribution in [1.29, 1.82) is 0 Å². The zero-order chi connectivity index (χ0) is 30.6. The first-order valence-corrected chi connectivity index (χ1v) is 14.9. The average molecular weight is 573 g/mol. The van der Waals surface area contributed by atoms with Crippen LogP contribution < -0.4 is 0 Å². The van der Waals surface area contributed by atoms with Gasteiger partial charge in [0.05, 0.1) is 11.1 Å². The summed E-state index contributed by atoms with van der Waals surface area (Å²) in [4.78, 5) is 25.8. The summed E-state index contributed by atoms with van der Waals surface area (Å²) in [5, 5.41) is 0. The largest absolute Gasteiger partial charge is 0.458 e. The fraction of sp³-hybridized carbons (Fsp3) is 0.231. The number of carbonyl (C=O) groups is 2. The van der Waals surface area contributed by atoms with Gasteiger partial charge in [-0.2, -0.15) is 0 Å². The fourth-order valence-corrected chi connectivity index (χ4v) is 5.17. The highest BCUT2D eigenvalue weighted by Gasteiger charge is 2.21. The van der Waals surface area contributed by atoms with Crippen molar-refractivity contribution < 1.29 is 19.1 Å². The van der Waals surface area contributed by atoms with E-state index in [1.165, 1.54) is 43.7 Å². The lowest BCUT2D eigenvalue weighted by molar-refractivity contribution is -0.141. The first-order valence-electron chi connectivity index (χ1n) is 14.9. The van der Waals surface area contributed by atoms with Crippen molar-refractivity contribution in [1.82, 2.24) is 0 Å². The van der Waals surface area contributed by atoms with Gasteiger partial charge in [-0.05, 0) is 77.3 Å². The van der Waals surface area contributed by atoms with Crippen LogP contribution in [0.1, 0.15) is 72.5 Å². The summed E-state index contributed by atoms with van der Waals surface area (Å²) in [6.45, 7) is 13.4. The number of hydrogen-bond donors (Lipinski definition) is 0. The molecule has 0 aliphatic heterocycles. The summed E-state index contributed by atoms with van der Waals surface area (Å²) in [6.07, 6.45) is 12.6. The quantitative estimate of drug-likeness (QED) is 0.123. The Morgan fingerprint density at radius 2 is 1.35 bits per heavy atom. The summed E-state index contributed by atoms with van der Waals surface area (Å²) in [7, 11) is 0. The predicted molar refractivity (Wildman–Crippen MR) is 175 cm³/mol. The molecule has 1 aliphatic carbocycles. The van der Waals surface area contributed by atoms with Gasteiger partial charge in [0.15, 0.2) is 6.10 Å². The van der Waals surface area contributed by atoms with Crippen LogP contribution in [0, 0.1) is 0 Å². The first-order chi connectivity index (χ1) is 20.9. The predicted octanol–water partition coefficient (Wildman–Crippen LogP) is 9.64. The van der Waals surface area contributed by atoms with Crippen LogP contribution in [0.3, 0.4) is 0 Å². The Balaban J connectivity index is 1.38. The first kappa shape index (κ1) is 31.2. The Hall–Kier alpha value is -4.70. The van der Waals surface area contributed by atoms with Crippen molar-refractivity contribution in [2.75, 3.05) is 6.61 Å². The molecule has 0 spiro atoms. The highest BCUT2D eigenvalue weighted by atomic mass is 16.6. The van der Waals surface area contributed by atoms with E-state index in [4.69, 9.17) is 9.47 Å². The van der Waals surface area contributed by atoms with Gasteiger partial charge in [-0.1, -0.05) is 124 Å². The lowest BCUT2D eigenvalue weighted by Gasteiger charge is -2.22. The summed E-state index contributed by atoms with van der Waals surface area (Å²) in [5.74, 6) is -0.446. The van der Waals surface area contributed by atoms with Gasteiger partial charge in [-0.15, -0.1) is 0 Å². The smallest absolute Gasteiger partial charge is 0.338 e. The summed E-state index contributed by atoms with van der Waals surface area (Å²) in [6, 6.07) is 25.4. The molecule has 1 unspecified atom stereocenters. The Kier molecular flexibility index (Phi) is 11.3. The normalized spacial score (nSPS) is 14.3. The van der Waals surface area contributed by atoms with Crippen LogP contribution >= 0.6 is 0 Å². The van der Waals surface area contributed by atoms with E-state index >= 15 is 0 Å². The van der Waals surface area contributed by atoms with E-state index in [1.807, 2.05) is 61.5 Å². The molecule has 220 valence electrons. The second-order valence-corrected chi connectivity index (χ2v) is 10.8. The van der Waals surface area contributed by atoms with Gasteiger partial charge < -0.3 is 9.47 Å². The van der Waals surface area contributed by atoms with E-state index in [0.717, 1.165) is 22.3 Å². The molecule has 0 saturated heterocycles. The molecule has 0 radical (unpaired) electrons. The molecule has 4 nitrogen and oxygen atoms in total. The zero-order valence-corrected chi connectivity index (χ0v) is 25.0. The molecule has 1 fully saturated rings. The molecule has 0 heterocycles. The monoisotopic (exact) mass is 572 g/mol. The van der Waals surface area contributed by atoms with Gasteiger partial charge in [-0.3, -0.25) is 0 Å². The molecule has 43 heavy (non-hydrogen) atoms. The van der Waals surface area contributed by atoms with Crippen molar-refractivity contribution in [2.24, 2.45) is 0 Å². The molecular weight excluding hydrogens is 532 g/mol. The second kappa shape index (κ2) is 15.5. The number of hydrogen-bond acceptors (Lipinski definition) is 4. The van der Waals surface area contributed by atoms with Crippen molar-refractivity contribution >= 4 is 11.9 Å². The molecule has 1 aliphatic rings. The summed E-state index contributed by atoms with van der Waals surface area (Å²) >= 11 is 0. The summed E-state index contributed by atoms with van der Waals surface area (Å²) < 4.78 is 11.3. The molecule has 0 N–H and O–H groups in total. The molecule has 1 atom stereocenters. The number of rotatable bonds is 12. The van der Waals surface area contributed by atoms with Crippen LogP contribution in [-0.4, -0.2) is 18.5 Å². The third kappa shape index (κ3) is 8.89. The van der Waals surface area contributed by atoms with Gasteiger partial charge in [0.25, 0.3) is 0 Å². The van der Waals surface area contributed by atoms with Crippen molar-refractivity contribution in [3.8, 4) is 11.1 Å². The van der Waals surface area contributed by atoms with Crippen LogP contribution in [0.25, 0.3) is 11.1 Å². The molecule has 1 saturated carbocycles. The van der Waals surface area contributed by atoms with E-state index < -0.39 is 18.0 Å². The average Bonchev–Trinajstić information content (AvgIpc) is 3.06. The van der Waals surface area contributed by atoms with E-state index in [1.54, 1.807) is 18.2 Å². The van der Waals surface area contributed by atoms with E-state index in [9.17, 15) is 9.59 Å². The Labute approximate surface area is 255 Å². The van der Waals surface area contributed by atoms with Crippen LogP contribution in [0.4, 0.5) is 0 Å². The molecule has 4 heteroatoms. The molecule has 0 bridgehead atoms. The maximum Gasteiger partial charge on any atom is 0.338 e. The minimum atomic E-state index is -0.786. The molecular formula is C39H40O4. The van der Waals surface area contributed by atoms with E-state index in [-0.39, 0.29) is 12.2 Å². The molecule has 0 aromatic heterocycles. The van der Waals surface area contributed by atoms with Crippen LogP contribution in [0.2, 0.25) is 0 Å². The highest BCUT2D eigenvalue weighted by Crippen LogP contribution is 2.33. The maximum atomic E-state index is 13.2. The van der Waals surface area contributed by atoms with Gasteiger partial charge in [0, 0.05) is 0 Å². The summed E-state index contributed by atoms with van der Waals surface area (Å²) in [5.41, 5.74) is 6.23. The second-order valence-electron chi connectivity index (χ2n) is 10.8. The number of carbonyl (C=O) groups excluding carboxylic acids is 2. The van der Waals surface area contributed by atoms with Crippen molar-refractivity contribution in [3.05, 3.63) is 156 Å². The van der Waals surface area contributed by atoms with Gasteiger partial charge in [0.2, 0.25) is 0 Å². The van der Waals surface area contributed by atoms with Crippen LogP contribution in [-0.2, 0) is 14.3 Å². The number of esters is 2. The van der Waals surface area contributed by atoms with E-state index in [2.05, 4.69) is 44.0 Å². The third-order valence-electron chi connectivity index (χ3n) is 7.76. The molecule has 3 aromatic rings. The third-order valence-corrected chi connectivity index (χ3v) is 7.76. The number of allylic oxidation sites excluding steroid dienone is 5. The standard InChI is InChI=1S/C39H40O4/c1-5-12-28(2)29(3)17-18-30(4)38(40)42-27-37(35-15-10-7-11-16-35)43-39(41)36-25-23-34(24-26-36)33-21-19-32(20-22-33)31-13-8-6-9-14-31/h5,7,10-12,15-26,31,37H,2-4,6,8-9,13-14,27H2,1H3/b12-5-,18-17-.